The predicted molar refractivity (Wildman–Crippen MR) is 79.2 cm³/mol. The molecular formula is C17H19NO2. The zero-order valence-corrected chi connectivity index (χ0v) is 11.4. The summed E-state index contributed by atoms with van der Waals surface area (Å²) in [7, 11) is 0. The molecule has 20 heavy (non-hydrogen) atoms. The molecule has 3 rings (SSSR count). The molecule has 0 atom stereocenters. The number of ether oxygens (including phenoxy) is 1. The zero-order valence-electron chi connectivity index (χ0n) is 11.4. The van der Waals surface area contributed by atoms with Crippen LogP contribution in [0.3, 0.4) is 0 Å². The summed E-state index contributed by atoms with van der Waals surface area (Å²) in [6.45, 7) is 2.62. The number of rotatable bonds is 5. The van der Waals surface area contributed by atoms with Crippen LogP contribution in [0.4, 0.5) is 0 Å². The van der Waals surface area contributed by atoms with Crippen molar-refractivity contribution in [3.05, 3.63) is 59.2 Å². The van der Waals surface area contributed by atoms with E-state index < -0.39 is 0 Å². The summed E-state index contributed by atoms with van der Waals surface area (Å²) in [5.41, 5.74) is 3.86. The van der Waals surface area contributed by atoms with Crippen molar-refractivity contribution in [2.45, 2.75) is 19.4 Å². The van der Waals surface area contributed by atoms with E-state index in [1.807, 2.05) is 12.1 Å². The lowest BCUT2D eigenvalue weighted by Crippen LogP contribution is -2.16. The monoisotopic (exact) mass is 269 g/mol. The molecule has 3 heteroatoms. The van der Waals surface area contributed by atoms with E-state index in [0.717, 1.165) is 38.3 Å². The van der Waals surface area contributed by atoms with E-state index in [4.69, 9.17) is 4.74 Å². The summed E-state index contributed by atoms with van der Waals surface area (Å²) >= 11 is 0. The second kappa shape index (κ2) is 5.97. The molecule has 0 spiro atoms. The fourth-order valence-corrected chi connectivity index (χ4v) is 2.48. The highest BCUT2D eigenvalue weighted by Crippen LogP contribution is 2.25. The molecule has 0 unspecified atom stereocenters. The van der Waals surface area contributed by atoms with Crippen LogP contribution in [0.25, 0.3) is 0 Å². The first-order valence-electron chi connectivity index (χ1n) is 7.04. The van der Waals surface area contributed by atoms with Gasteiger partial charge in [-0.2, -0.15) is 0 Å². The third kappa shape index (κ3) is 3.11. The molecule has 0 saturated heterocycles. The fourth-order valence-electron chi connectivity index (χ4n) is 2.48. The van der Waals surface area contributed by atoms with Gasteiger partial charge in [0, 0.05) is 13.0 Å². The fraction of sp³-hybridized carbons (Fsp3) is 0.294. The van der Waals surface area contributed by atoms with Gasteiger partial charge in [0.25, 0.3) is 0 Å². The molecule has 104 valence electrons. The first-order valence-corrected chi connectivity index (χ1v) is 7.04. The van der Waals surface area contributed by atoms with Crippen LogP contribution in [0.5, 0.6) is 11.5 Å². The standard InChI is InChI=1S/C17H19NO2/c19-16-4-1-13(2-5-16)7-9-18-12-14-3-6-17-15(11-14)8-10-20-17/h1-6,11,18-19H,7-10,12H2. The van der Waals surface area contributed by atoms with Crippen LogP contribution in [0.1, 0.15) is 16.7 Å². The van der Waals surface area contributed by atoms with Gasteiger partial charge in [-0.1, -0.05) is 24.3 Å². The second-order valence-electron chi connectivity index (χ2n) is 5.13. The van der Waals surface area contributed by atoms with Crippen LogP contribution in [-0.4, -0.2) is 18.3 Å². The molecule has 0 fully saturated rings. The number of aromatic hydroxyl groups is 1. The maximum Gasteiger partial charge on any atom is 0.122 e. The third-order valence-corrected chi connectivity index (χ3v) is 3.61. The Labute approximate surface area is 119 Å². The van der Waals surface area contributed by atoms with Crippen LogP contribution in [0, 0.1) is 0 Å². The Bertz CT molecular complexity index is 578. The largest absolute Gasteiger partial charge is 0.508 e. The minimum Gasteiger partial charge on any atom is -0.508 e. The number of hydrogen-bond donors (Lipinski definition) is 2. The average Bonchev–Trinajstić information content (AvgIpc) is 2.93. The van der Waals surface area contributed by atoms with E-state index in [1.165, 1.54) is 16.7 Å². The SMILES string of the molecule is Oc1ccc(CCNCc2ccc3c(c2)CCO3)cc1. The van der Waals surface area contributed by atoms with Gasteiger partial charge in [0.1, 0.15) is 11.5 Å². The van der Waals surface area contributed by atoms with Crippen LogP contribution in [0.15, 0.2) is 42.5 Å². The highest BCUT2D eigenvalue weighted by Gasteiger charge is 2.11. The second-order valence-corrected chi connectivity index (χ2v) is 5.13. The molecule has 3 nitrogen and oxygen atoms in total. The molecule has 0 aliphatic carbocycles. The Hall–Kier alpha value is -2.00. The van der Waals surface area contributed by atoms with Crippen molar-refractivity contribution >= 4 is 0 Å². The van der Waals surface area contributed by atoms with Crippen LogP contribution < -0.4 is 10.1 Å². The first kappa shape index (κ1) is 13.0. The van der Waals surface area contributed by atoms with Crippen molar-refractivity contribution in [2.24, 2.45) is 0 Å². The molecule has 1 aliphatic rings. The van der Waals surface area contributed by atoms with E-state index in [2.05, 4.69) is 23.5 Å². The van der Waals surface area contributed by atoms with Crippen molar-refractivity contribution in [2.75, 3.05) is 13.2 Å². The van der Waals surface area contributed by atoms with E-state index in [0.29, 0.717) is 5.75 Å². The molecule has 2 aromatic carbocycles. The Kier molecular flexibility index (Phi) is 3.88. The highest BCUT2D eigenvalue weighted by atomic mass is 16.5. The van der Waals surface area contributed by atoms with Crippen LogP contribution in [-0.2, 0) is 19.4 Å². The summed E-state index contributed by atoms with van der Waals surface area (Å²) in [6, 6.07) is 13.8. The molecule has 1 aliphatic heterocycles. The maximum atomic E-state index is 9.23. The van der Waals surface area contributed by atoms with Gasteiger partial charge >= 0.3 is 0 Å². The molecule has 2 N–H and O–H groups in total. The minimum absolute atomic E-state index is 0.321. The van der Waals surface area contributed by atoms with Crippen LogP contribution in [0.2, 0.25) is 0 Å². The smallest absolute Gasteiger partial charge is 0.122 e. The number of hydrogen-bond acceptors (Lipinski definition) is 3. The molecule has 0 radical (unpaired) electrons. The molecule has 0 amide bonds. The van der Waals surface area contributed by atoms with Crippen molar-refractivity contribution in [3.8, 4) is 11.5 Å². The van der Waals surface area contributed by atoms with Gasteiger partial charge in [-0.3, -0.25) is 0 Å². The average molecular weight is 269 g/mol. The summed E-state index contributed by atoms with van der Waals surface area (Å²) in [4.78, 5) is 0. The summed E-state index contributed by atoms with van der Waals surface area (Å²) < 4.78 is 5.51. The molecule has 1 heterocycles. The van der Waals surface area contributed by atoms with Gasteiger partial charge in [-0.25, -0.2) is 0 Å². The summed E-state index contributed by atoms with van der Waals surface area (Å²) in [6.07, 6.45) is 1.99. The number of benzene rings is 2. The minimum atomic E-state index is 0.321. The number of phenols is 1. The zero-order chi connectivity index (χ0) is 13.8. The molecule has 0 saturated carbocycles. The van der Waals surface area contributed by atoms with Gasteiger partial charge < -0.3 is 15.2 Å². The maximum absolute atomic E-state index is 9.23. The van der Waals surface area contributed by atoms with Crippen molar-refractivity contribution in [1.29, 1.82) is 0 Å². The Morgan fingerprint density at radius 3 is 2.70 bits per heavy atom. The Morgan fingerprint density at radius 1 is 1.05 bits per heavy atom. The number of nitrogens with one attached hydrogen (secondary N) is 1. The third-order valence-electron chi connectivity index (χ3n) is 3.61. The lowest BCUT2D eigenvalue weighted by molar-refractivity contribution is 0.357. The van der Waals surface area contributed by atoms with E-state index >= 15 is 0 Å². The summed E-state index contributed by atoms with van der Waals surface area (Å²) in [5.74, 6) is 1.36. The van der Waals surface area contributed by atoms with Gasteiger partial charge in [0.2, 0.25) is 0 Å². The number of phenolic OH excluding ortho intramolecular Hbond substituents is 1. The Balaban J connectivity index is 1.47. The van der Waals surface area contributed by atoms with Crippen molar-refractivity contribution < 1.29 is 9.84 Å². The predicted octanol–water partition coefficient (Wildman–Crippen LogP) is 2.66. The Morgan fingerprint density at radius 2 is 1.85 bits per heavy atom. The topological polar surface area (TPSA) is 41.5 Å². The van der Waals surface area contributed by atoms with E-state index in [-0.39, 0.29) is 0 Å². The van der Waals surface area contributed by atoms with E-state index in [1.54, 1.807) is 12.1 Å². The van der Waals surface area contributed by atoms with Gasteiger partial charge in [-0.05, 0) is 47.9 Å². The quantitative estimate of drug-likeness (QED) is 0.820. The van der Waals surface area contributed by atoms with Crippen molar-refractivity contribution in [3.63, 3.8) is 0 Å². The molecule has 0 bridgehead atoms. The highest BCUT2D eigenvalue weighted by molar-refractivity contribution is 5.39. The van der Waals surface area contributed by atoms with Crippen LogP contribution >= 0.6 is 0 Å². The van der Waals surface area contributed by atoms with Gasteiger partial charge in [0.15, 0.2) is 0 Å². The normalized spacial score (nSPS) is 13.0. The van der Waals surface area contributed by atoms with E-state index in [9.17, 15) is 5.11 Å². The first-order chi connectivity index (χ1) is 9.81. The number of fused-ring (bicyclic) bond motifs is 1. The lowest BCUT2D eigenvalue weighted by Gasteiger charge is -2.07. The van der Waals surface area contributed by atoms with Gasteiger partial charge in [-0.15, -0.1) is 0 Å². The van der Waals surface area contributed by atoms with Crippen molar-refractivity contribution in [1.82, 2.24) is 5.32 Å². The lowest BCUT2D eigenvalue weighted by atomic mass is 10.1. The van der Waals surface area contributed by atoms with Gasteiger partial charge in [0.05, 0.1) is 6.61 Å². The molecule has 0 aromatic heterocycles. The summed E-state index contributed by atoms with van der Waals surface area (Å²) in [5, 5.41) is 12.7. The molecular weight excluding hydrogens is 250 g/mol. The molecule has 2 aromatic rings.